The number of benzene rings is 1. The molecule has 0 saturated heterocycles. The van der Waals surface area contributed by atoms with E-state index in [1.807, 2.05) is 6.07 Å². The molecule has 22 heavy (non-hydrogen) atoms. The largest absolute Gasteiger partial charge is 0.243 e. The number of fused-ring (bicyclic) bond motifs is 1. The van der Waals surface area contributed by atoms with Crippen LogP contribution in [0, 0.1) is 0 Å². The van der Waals surface area contributed by atoms with Gasteiger partial charge in [-0.25, -0.2) is 16.8 Å². The second kappa shape index (κ2) is 6.29. The minimum absolute atomic E-state index is 0.0179. The summed E-state index contributed by atoms with van der Waals surface area (Å²) >= 11 is 0. The van der Waals surface area contributed by atoms with Crippen LogP contribution in [-0.4, -0.2) is 45.7 Å². The molecule has 0 unspecified atom stereocenters. The number of sulfone groups is 1. The Morgan fingerprint density at radius 3 is 2.32 bits per heavy atom. The van der Waals surface area contributed by atoms with Crippen LogP contribution >= 0.6 is 0 Å². The summed E-state index contributed by atoms with van der Waals surface area (Å²) in [5.41, 5.74) is 2.30. The first-order valence-corrected chi connectivity index (χ1v) is 10.9. The lowest BCUT2D eigenvalue weighted by molar-refractivity contribution is 0.369. The Morgan fingerprint density at radius 1 is 1.09 bits per heavy atom. The molecule has 7 heteroatoms. The first-order chi connectivity index (χ1) is 10.1. The lowest BCUT2D eigenvalue weighted by Crippen LogP contribution is -2.40. The zero-order valence-corrected chi connectivity index (χ0v) is 14.9. The monoisotopic (exact) mass is 345 g/mol. The predicted molar refractivity (Wildman–Crippen MR) is 87.2 cm³/mol. The maximum atomic E-state index is 12.8. The van der Waals surface area contributed by atoms with Crippen LogP contribution in [0.4, 0.5) is 0 Å². The Kier molecular flexibility index (Phi) is 4.99. The number of sulfonamides is 1. The molecule has 124 valence electrons. The van der Waals surface area contributed by atoms with Crippen molar-refractivity contribution in [3.8, 4) is 0 Å². The summed E-state index contributed by atoms with van der Waals surface area (Å²) in [7, 11) is -6.89. The van der Waals surface area contributed by atoms with Gasteiger partial charge in [0.15, 0.2) is 0 Å². The highest BCUT2D eigenvalue weighted by Crippen LogP contribution is 2.27. The van der Waals surface area contributed by atoms with E-state index in [0.29, 0.717) is 0 Å². The minimum atomic E-state index is -3.68. The van der Waals surface area contributed by atoms with Crippen molar-refractivity contribution in [1.82, 2.24) is 4.31 Å². The van der Waals surface area contributed by atoms with Crippen LogP contribution in [0.5, 0.6) is 0 Å². The lowest BCUT2D eigenvalue weighted by Gasteiger charge is -2.25. The maximum Gasteiger partial charge on any atom is 0.243 e. The molecule has 0 aromatic heterocycles. The number of hydrogen-bond acceptors (Lipinski definition) is 4. The Balaban J connectivity index is 2.33. The van der Waals surface area contributed by atoms with Crippen LogP contribution < -0.4 is 0 Å². The van der Waals surface area contributed by atoms with Crippen molar-refractivity contribution in [3.63, 3.8) is 0 Å². The van der Waals surface area contributed by atoms with Crippen molar-refractivity contribution in [2.45, 2.75) is 44.0 Å². The molecular formula is C15H23NO4S2. The average molecular weight is 345 g/mol. The summed E-state index contributed by atoms with van der Waals surface area (Å²) < 4.78 is 49.6. The molecule has 0 fully saturated rings. The van der Waals surface area contributed by atoms with Crippen LogP contribution in [-0.2, 0) is 32.7 Å². The summed E-state index contributed by atoms with van der Waals surface area (Å²) in [5, 5.41) is 0. The van der Waals surface area contributed by atoms with Gasteiger partial charge in [-0.15, -0.1) is 0 Å². The number of aryl methyl sites for hydroxylation is 2. The summed E-state index contributed by atoms with van der Waals surface area (Å²) in [6.45, 7) is 3.50. The number of hydrogen-bond donors (Lipinski definition) is 0. The topological polar surface area (TPSA) is 71.5 Å². The van der Waals surface area contributed by atoms with Crippen molar-refractivity contribution in [2.75, 3.05) is 18.6 Å². The highest BCUT2D eigenvalue weighted by Gasteiger charge is 2.28. The van der Waals surface area contributed by atoms with Gasteiger partial charge in [0.05, 0.1) is 10.6 Å². The van der Waals surface area contributed by atoms with Crippen LogP contribution in [0.25, 0.3) is 0 Å². The van der Waals surface area contributed by atoms with Gasteiger partial charge in [-0.05, 0) is 56.4 Å². The Bertz CT molecular complexity index is 752. The fraction of sp³-hybridized carbons (Fsp3) is 0.600. The van der Waals surface area contributed by atoms with Crippen molar-refractivity contribution in [1.29, 1.82) is 0 Å². The fourth-order valence-electron chi connectivity index (χ4n) is 2.76. The molecule has 0 atom stereocenters. The van der Waals surface area contributed by atoms with Gasteiger partial charge in [0.2, 0.25) is 10.0 Å². The number of rotatable bonds is 6. The second-order valence-electron chi connectivity index (χ2n) is 6.12. The molecular weight excluding hydrogens is 322 g/mol. The highest BCUT2D eigenvalue weighted by atomic mass is 32.2. The number of nitrogens with zero attached hydrogens (tertiary/aromatic N) is 1. The van der Waals surface area contributed by atoms with E-state index in [1.54, 1.807) is 26.0 Å². The van der Waals surface area contributed by atoms with Gasteiger partial charge >= 0.3 is 0 Å². The summed E-state index contributed by atoms with van der Waals surface area (Å²) in [6.07, 6.45) is 4.08. The molecule has 0 bridgehead atoms. The van der Waals surface area contributed by atoms with Crippen LogP contribution in [0.15, 0.2) is 23.1 Å². The Hall–Kier alpha value is -0.920. The van der Waals surface area contributed by atoms with Crippen LogP contribution in [0.2, 0.25) is 0 Å². The van der Waals surface area contributed by atoms with E-state index in [9.17, 15) is 16.8 Å². The van der Waals surface area contributed by atoms with Crippen molar-refractivity contribution in [2.24, 2.45) is 0 Å². The highest BCUT2D eigenvalue weighted by molar-refractivity contribution is 7.91. The van der Waals surface area contributed by atoms with Crippen LogP contribution in [0.3, 0.4) is 0 Å². The predicted octanol–water partition coefficient (Wildman–Crippen LogP) is 1.62. The molecule has 0 amide bonds. The Morgan fingerprint density at radius 2 is 1.73 bits per heavy atom. The molecule has 2 rings (SSSR count). The van der Waals surface area contributed by atoms with Gasteiger partial charge in [0.25, 0.3) is 0 Å². The average Bonchev–Trinajstić information content (AvgIpc) is 2.83. The minimum Gasteiger partial charge on any atom is -0.229 e. The van der Waals surface area contributed by atoms with E-state index in [1.165, 1.54) is 9.87 Å². The fourth-order valence-corrected chi connectivity index (χ4v) is 5.09. The molecule has 5 nitrogen and oxygen atoms in total. The zero-order valence-electron chi connectivity index (χ0n) is 13.2. The summed E-state index contributed by atoms with van der Waals surface area (Å²) in [4.78, 5) is 0.260. The quantitative estimate of drug-likeness (QED) is 0.785. The van der Waals surface area contributed by atoms with Gasteiger partial charge in [0, 0.05) is 18.8 Å². The molecule has 0 radical (unpaired) electrons. The smallest absolute Gasteiger partial charge is 0.229 e. The zero-order chi connectivity index (χ0) is 16.5. The van der Waals surface area contributed by atoms with Gasteiger partial charge in [0.1, 0.15) is 9.84 Å². The Labute approximate surface area is 133 Å². The first-order valence-electron chi connectivity index (χ1n) is 7.42. The summed E-state index contributed by atoms with van der Waals surface area (Å²) in [5.74, 6) is -0.171. The third kappa shape index (κ3) is 3.88. The van der Waals surface area contributed by atoms with E-state index in [4.69, 9.17) is 0 Å². The van der Waals surface area contributed by atoms with Gasteiger partial charge in [-0.3, -0.25) is 0 Å². The summed E-state index contributed by atoms with van der Waals surface area (Å²) in [6, 6.07) is 4.97. The second-order valence-corrected chi connectivity index (χ2v) is 10.3. The molecule has 1 aromatic carbocycles. The molecule has 1 aromatic rings. The van der Waals surface area contributed by atoms with Gasteiger partial charge in [-0.1, -0.05) is 6.07 Å². The van der Waals surface area contributed by atoms with E-state index in [2.05, 4.69) is 0 Å². The van der Waals surface area contributed by atoms with E-state index in [0.717, 1.165) is 31.1 Å². The van der Waals surface area contributed by atoms with E-state index >= 15 is 0 Å². The normalized spacial score (nSPS) is 15.5. The third-order valence-corrected chi connectivity index (χ3v) is 6.93. The SMILES string of the molecule is CC(C)N(CCS(C)(=O)=O)S(=O)(=O)c1ccc2c(c1)CCC2. The lowest BCUT2D eigenvalue weighted by atomic mass is 10.1. The van der Waals surface area contributed by atoms with Gasteiger partial charge in [-0.2, -0.15) is 4.31 Å². The standard InChI is InChI=1S/C15H23NO4S2/c1-12(2)16(9-10-21(3,17)18)22(19,20)15-8-7-13-5-4-6-14(13)11-15/h7-8,11-12H,4-6,9-10H2,1-3H3. The molecule has 1 aliphatic rings. The van der Waals surface area contributed by atoms with E-state index in [-0.39, 0.29) is 23.2 Å². The first kappa shape index (κ1) is 17.4. The van der Waals surface area contributed by atoms with Crippen molar-refractivity contribution in [3.05, 3.63) is 29.3 Å². The molecule has 0 N–H and O–H groups in total. The molecule has 0 saturated carbocycles. The molecule has 0 heterocycles. The van der Waals surface area contributed by atoms with Crippen LogP contribution in [0.1, 0.15) is 31.4 Å². The van der Waals surface area contributed by atoms with Crippen molar-refractivity contribution >= 4 is 19.9 Å². The molecule has 0 aliphatic heterocycles. The van der Waals surface area contributed by atoms with E-state index < -0.39 is 19.9 Å². The third-order valence-electron chi connectivity index (χ3n) is 3.93. The molecule has 0 spiro atoms. The van der Waals surface area contributed by atoms with Gasteiger partial charge < -0.3 is 0 Å². The maximum absolute atomic E-state index is 12.8. The molecule has 1 aliphatic carbocycles. The van der Waals surface area contributed by atoms with Crippen molar-refractivity contribution < 1.29 is 16.8 Å².